The molecular formula is C81H116N20O26S6. The van der Waals surface area contributed by atoms with E-state index < -0.39 is 294 Å². The Hall–Kier alpha value is -11.8. The van der Waals surface area contributed by atoms with E-state index in [1.165, 1.54) is 62.4 Å². The molecule has 3 aromatic rings. The number of nitrogens with zero attached hydrogens (tertiary/aromatic N) is 1. The van der Waals surface area contributed by atoms with Gasteiger partial charge in [0.15, 0.2) is 0 Å². The van der Waals surface area contributed by atoms with Crippen molar-refractivity contribution in [3.63, 3.8) is 0 Å². The fourth-order valence-electron chi connectivity index (χ4n) is 12.8. The van der Waals surface area contributed by atoms with Crippen molar-refractivity contribution in [3.8, 4) is 11.5 Å². The molecule has 0 unspecified atom stereocenters. The average molecular weight is 1980 g/mol. The normalized spacial score (nSPS) is 16.0. The lowest BCUT2D eigenvalue weighted by molar-refractivity contribution is -0.143. The highest BCUT2D eigenvalue weighted by atomic mass is 32.1. The fourth-order valence-corrected chi connectivity index (χ4v) is 14.4. The Morgan fingerprint density at radius 1 is 0.398 bits per heavy atom. The summed E-state index contributed by atoms with van der Waals surface area (Å²) in [6, 6.07) is -7.51. The molecular weight excluding hydrogens is 1860 g/mol. The van der Waals surface area contributed by atoms with Gasteiger partial charge in [-0.15, -0.1) is 0 Å². The van der Waals surface area contributed by atoms with Crippen molar-refractivity contribution < 1.29 is 126 Å². The number of amides is 19. The molecule has 4 rings (SSSR count). The zero-order valence-electron chi connectivity index (χ0n) is 72.9. The second-order valence-electron chi connectivity index (χ2n) is 31.3. The third-order valence-electron chi connectivity index (χ3n) is 20.1. The molecule has 46 nitrogen and oxygen atoms in total. The number of nitrogens with one attached hydrogen (secondary N) is 16. The van der Waals surface area contributed by atoms with Crippen LogP contribution in [0, 0.1) is 5.92 Å². The van der Waals surface area contributed by atoms with Crippen molar-refractivity contribution in [1.82, 2.24) is 90.0 Å². The molecule has 1 saturated heterocycles. The van der Waals surface area contributed by atoms with Crippen LogP contribution in [0.1, 0.15) is 96.3 Å². The van der Waals surface area contributed by atoms with Crippen molar-refractivity contribution in [3.05, 3.63) is 95.6 Å². The summed E-state index contributed by atoms with van der Waals surface area (Å²) >= 11 is 25.2. The monoisotopic (exact) mass is 1980 g/mol. The Bertz CT molecular complexity index is 4610. The zero-order valence-corrected chi connectivity index (χ0v) is 78.2. The number of carbonyl (C=O) groups is 21. The summed E-state index contributed by atoms with van der Waals surface area (Å²) in [6.07, 6.45) is -5.16. The fraction of sp³-hybridized carbons (Fsp3) is 0.519. The number of rotatable bonds is 56. The van der Waals surface area contributed by atoms with Crippen LogP contribution in [0.3, 0.4) is 0 Å². The number of thiol groups is 6. The number of hydrogen-bond acceptors (Lipinski definition) is 31. The minimum atomic E-state index is -1.79. The number of phenolic OH excluding ortho intramolecular Hbond substituents is 2. The van der Waals surface area contributed by atoms with Crippen LogP contribution in [0.2, 0.25) is 0 Å². The number of aromatic hydroxyl groups is 2. The predicted octanol–water partition coefficient (Wildman–Crippen LogP) is -8.42. The zero-order chi connectivity index (χ0) is 99.8. The van der Waals surface area contributed by atoms with E-state index in [2.05, 4.69) is 156 Å². The summed E-state index contributed by atoms with van der Waals surface area (Å²) in [5, 5.41) is 88.3. The topological polar surface area (TPSA) is 733 Å². The number of likely N-dealkylation sites (tertiary alicyclic amines) is 1. The highest BCUT2D eigenvalue weighted by Crippen LogP contribution is 2.22. The van der Waals surface area contributed by atoms with Crippen LogP contribution in [0.25, 0.3) is 0 Å². The molecule has 0 aromatic heterocycles. The van der Waals surface area contributed by atoms with E-state index in [0.29, 0.717) is 16.7 Å². The molecule has 1 aliphatic rings. The summed E-state index contributed by atoms with van der Waals surface area (Å²) in [6.45, 7) is 6.13. The number of nitrogens with two attached hydrogens (primary N) is 3. The van der Waals surface area contributed by atoms with Crippen molar-refractivity contribution >= 4 is 200 Å². The molecule has 0 saturated carbocycles. The lowest BCUT2D eigenvalue weighted by atomic mass is 10.0. The summed E-state index contributed by atoms with van der Waals surface area (Å²) in [5.74, 6) is -25.5. The number of carboxylic acid groups (broad SMARTS) is 2. The number of carboxylic acids is 2. The van der Waals surface area contributed by atoms with Crippen LogP contribution >= 0.6 is 75.8 Å². The number of aliphatic hydroxyl groups excluding tert-OH is 1. The summed E-state index contributed by atoms with van der Waals surface area (Å²) in [4.78, 5) is 283. The van der Waals surface area contributed by atoms with E-state index in [9.17, 15) is 126 Å². The first kappa shape index (κ1) is 113. The lowest BCUT2D eigenvalue weighted by Gasteiger charge is -2.30. The molecule has 3 aromatic carbocycles. The Morgan fingerprint density at radius 3 is 1.19 bits per heavy atom. The smallest absolute Gasteiger partial charge is 0.326 e. The van der Waals surface area contributed by atoms with Gasteiger partial charge in [0.2, 0.25) is 112 Å². The maximum absolute atomic E-state index is 14.8. The van der Waals surface area contributed by atoms with Gasteiger partial charge in [-0.3, -0.25) is 95.9 Å². The van der Waals surface area contributed by atoms with Crippen molar-refractivity contribution in [2.75, 3.05) is 47.6 Å². The summed E-state index contributed by atoms with van der Waals surface area (Å²) < 4.78 is 0. The number of hydrogen-bond donors (Lipinski definition) is 30. The van der Waals surface area contributed by atoms with Gasteiger partial charge in [0.1, 0.15) is 108 Å². The first-order valence-electron chi connectivity index (χ1n) is 41.5. The third-order valence-corrected chi connectivity index (χ3v) is 22.2. The van der Waals surface area contributed by atoms with Crippen molar-refractivity contribution in [1.29, 1.82) is 0 Å². The Kier molecular flexibility index (Phi) is 48.5. The average Bonchev–Trinajstić information content (AvgIpc) is 1.81. The maximum Gasteiger partial charge on any atom is 0.326 e. The minimum absolute atomic E-state index is 0.0430. The lowest BCUT2D eigenvalue weighted by Crippen LogP contribution is -2.62. The van der Waals surface area contributed by atoms with Crippen LogP contribution in [0.4, 0.5) is 0 Å². The highest BCUT2D eigenvalue weighted by molar-refractivity contribution is 7.81. The largest absolute Gasteiger partial charge is 0.508 e. The molecule has 0 aliphatic carbocycles. The quantitative estimate of drug-likeness (QED) is 0.0233. The Balaban J connectivity index is 1.47. The van der Waals surface area contributed by atoms with Gasteiger partial charge >= 0.3 is 11.9 Å². The molecule has 27 N–H and O–H groups in total. The number of aliphatic carboxylic acids is 2. The van der Waals surface area contributed by atoms with Gasteiger partial charge in [-0.05, 0) is 93.3 Å². The van der Waals surface area contributed by atoms with Crippen LogP contribution in [0.5, 0.6) is 11.5 Å². The second kappa shape index (κ2) is 56.9. The van der Waals surface area contributed by atoms with Gasteiger partial charge in [0, 0.05) is 66.7 Å². The Morgan fingerprint density at radius 2 is 0.759 bits per heavy atom. The van der Waals surface area contributed by atoms with E-state index in [1.807, 2.05) is 5.32 Å². The number of phenols is 2. The van der Waals surface area contributed by atoms with Gasteiger partial charge in [0.25, 0.3) is 0 Å². The second-order valence-corrected chi connectivity index (χ2v) is 33.5. The summed E-state index contributed by atoms with van der Waals surface area (Å²) in [7, 11) is 0. The molecule has 0 spiro atoms. The van der Waals surface area contributed by atoms with Crippen LogP contribution in [-0.2, 0) is 120 Å². The molecule has 1 heterocycles. The molecule has 18 atom stereocenters. The van der Waals surface area contributed by atoms with Crippen molar-refractivity contribution in [2.45, 2.75) is 208 Å². The van der Waals surface area contributed by atoms with Crippen LogP contribution in [0.15, 0.2) is 78.9 Å². The molecule has 732 valence electrons. The SMILES string of the molecule is CC(C)C[C@H](NC(=O)[C@H](CCC(=O)O)NC(=O)[C@H](CS)NC(=O)[C@H](CS)NC(=O)[C@H](Cc1ccc(O)cc1)NC(=O)[C@H](Cc1ccccc1)NC(=O)[C@@H](NC(=O)[C@@H](N)CC(N)=O)[C@@H](C)O)C(=O)N[C@@H](CS)C(=O)N[C@@H](CS)C(=O)N[C@@H](Cc1ccc(O)cc1)C(=O)N1CCC[C@H]1C(=O)N[C@@H](C)C(=O)N[C@@H](CS)C(=O)N[C@@H](C)C(=O)NCC(=O)N[C@@H](CS)C(=O)N[C@@H](CC(N)=O)C(=O)O. The number of carbonyl (C=O) groups excluding carboxylic acids is 19. The van der Waals surface area contributed by atoms with E-state index in [1.54, 1.807) is 44.2 Å². The van der Waals surface area contributed by atoms with Crippen molar-refractivity contribution in [2.24, 2.45) is 23.1 Å². The first-order chi connectivity index (χ1) is 62.7. The van der Waals surface area contributed by atoms with Gasteiger partial charge < -0.3 is 133 Å². The van der Waals surface area contributed by atoms with E-state index >= 15 is 0 Å². The first-order valence-corrected chi connectivity index (χ1v) is 45.3. The minimum Gasteiger partial charge on any atom is -0.508 e. The molecule has 0 bridgehead atoms. The highest BCUT2D eigenvalue weighted by Gasteiger charge is 2.42. The molecule has 52 heteroatoms. The van der Waals surface area contributed by atoms with Gasteiger partial charge in [0.05, 0.1) is 31.5 Å². The van der Waals surface area contributed by atoms with Gasteiger partial charge in [-0.25, -0.2) is 4.79 Å². The number of primary amides is 2. The van der Waals surface area contributed by atoms with E-state index in [4.69, 9.17) is 17.2 Å². The van der Waals surface area contributed by atoms with Crippen LogP contribution < -0.4 is 102 Å². The Labute approximate surface area is 796 Å². The predicted molar refractivity (Wildman–Crippen MR) is 496 cm³/mol. The molecule has 0 radical (unpaired) electrons. The standard InChI is InChI=1S/C81H116N20O26S6/c1-37(2)24-48(90-68(113)47(21-22-63(108)109)89-74(119)55(33-130)98-77(122)58(36-133)97-71(116)49(26-42-13-17-44(103)18-14-42)91-70(115)50(25-41-10-7-6-8-11-41)92-79(124)64(40(5)102)100-67(112)46(82)28-60(83)105)69(114)96-57(35-132)76(121)99-56(34-131)75(120)93-51(27-43-15-19-45(104)20-16-43)80(125)101-23-9-12-59(101)78(123)87-39(4)66(111)95-54(32-129)72(117)86-38(3)65(110)85-30-62(107)88-53(31-128)73(118)94-52(81(126)127)29-61(84)106/h6-8,10-11,13-20,37-40,46-59,64,102-104,128-133H,9,12,21-36,82H2,1-5H3,(H2,83,105)(H2,84,106)(H,85,110)(H,86,117)(H,87,123)(H,88,107)(H,89,119)(H,90,113)(H,91,115)(H,92,124)(H,93,120)(H,94,118)(H,95,111)(H,96,114)(H,97,116)(H,98,122)(H,99,121)(H,100,112)(H,108,109)(H,126,127)/t38-,39-,40+,46-,47-,48-,49-,50-,51-,52-,53-,54-,55-,56-,57-,58-,59-,64-/m0/s1. The molecule has 1 fully saturated rings. The number of aliphatic hydroxyl groups is 1. The van der Waals surface area contributed by atoms with Crippen LogP contribution in [-0.4, -0.2) is 311 Å². The van der Waals surface area contributed by atoms with E-state index in [-0.39, 0.29) is 68.1 Å². The van der Waals surface area contributed by atoms with Gasteiger partial charge in [-0.1, -0.05) is 68.4 Å². The number of benzene rings is 3. The molecule has 1 aliphatic heterocycles. The van der Waals surface area contributed by atoms with E-state index in [0.717, 1.165) is 11.8 Å². The molecule has 19 amide bonds. The van der Waals surface area contributed by atoms with Gasteiger partial charge in [-0.2, -0.15) is 75.8 Å². The molecule has 133 heavy (non-hydrogen) atoms. The maximum atomic E-state index is 14.8. The third kappa shape index (κ3) is 38.7. The summed E-state index contributed by atoms with van der Waals surface area (Å²) in [5.41, 5.74) is 17.2.